The number of rotatable bonds is 1. The van der Waals surface area contributed by atoms with E-state index < -0.39 is 0 Å². The lowest BCUT2D eigenvalue weighted by Crippen LogP contribution is -1.96. The molecule has 0 aliphatic rings. The third-order valence-corrected chi connectivity index (χ3v) is 1.65. The molecule has 0 fully saturated rings. The van der Waals surface area contributed by atoms with Crippen LogP contribution in [0.5, 0.6) is 0 Å². The Bertz CT molecular complexity index is 389. The van der Waals surface area contributed by atoms with Gasteiger partial charge in [0, 0.05) is 11.8 Å². The summed E-state index contributed by atoms with van der Waals surface area (Å²) in [4.78, 5) is 8.31. The van der Waals surface area contributed by atoms with E-state index in [0.717, 1.165) is 11.3 Å². The Morgan fingerprint density at radius 3 is 2.85 bits per heavy atom. The van der Waals surface area contributed by atoms with Crippen molar-refractivity contribution in [2.75, 3.05) is 5.73 Å². The second-order valence-electron chi connectivity index (χ2n) is 2.77. The molecule has 0 aliphatic carbocycles. The van der Waals surface area contributed by atoms with Crippen molar-refractivity contribution in [3.8, 4) is 11.4 Å². The number of nitrogen functional groups attached to an aromatic ring is 1. The van der Waals surface area contributed by atoms with E-state index in [2.05, 4.69) is 9.97 Å². The van der Waals surface area contributed by atoms with Crippen molar-refractivity contribution in [1.82, 2.24) is 9.97 Å². The lowest BCUT2D eigenvalue weighted by molar-refractivity contribution is 0.568. The highest BCUT2D eigenvalue weighted by Crippen LogP contribution is 2.16. The van der Waals surface area contributed by atoms with Crippen molar-refractivity contribution < 1.29 is 4.42 Å². The molecule has 0 unspecified atom stereocenters. The van der Waals surface area contributed by atoms with Gasteiger partial charge in [0.05, 0.1) is 11.8 Å². The lowest BCUT2D eigenvalue weighted by Gasteiger charge is -1.99. The molecule has 0 aliphatic heterocycles. The topological polar surface area (TPSA) is 64.9 Å². The van der Waals surface area contributed by atoms with E-state index in [4.69, 9.17) is 10.2 Å². The SMILES string of the molecule is Cc1cc(N)nc(-c2ccoc2)n1. The standard InChI is InChI=1S/C9H9N3O/c1-6-4-8(10)12-9(11-6)7-2-3-13-5-7/h2-5H,1H3,(H2,10,11,12). The first kappa shape index (κ1) is 7.79. The van der Waals surface area contributed by atoms with Gasteiger partial charge in [-0.2, -0.15) is 0 Å². The van der Waals surface area contributed by atoms with Crippen LogP contribution in [-0.4, -0.2) is 9.97 Å². The van der Waals surface area contributed by atoms with Crippen molar-refractivity contribution in [2.45, 2.75) is 6.92 Å². The van der Waals surface area contributed by atoms with Gasteiger partial charge in [0.25, 0.3) is 0 Å². The molecule has 2 N–H and O–H groups in total. The Kier molecular flexibility index (Phi) is 1.73. The monoisotopic (exact) mass is 175 g/mol. The number of furan rings is 1. The molecule has 66 valence electrons. The highest BCUT2D eigenvalue weighted by Gasteiger charge is 2.03. The summed E-state index contributed by atoms with van der Waals surface area (Å²) >= 11 is 0. The smallest absolute Gasteiger partial charge is 0.164 e. The van der Waals surface area contributed by atoms with Gasteiger partial charge in [0.1, 0.15) is 12.1 Å². The van der Waals surface area contributed by atoms with Crippen molar-refractivity contribution in [1.29, 1.82) is 0 Å². The molecule has 0 radical (unpaired) electrons. The highest BCUT2D eigenvalue weighted by atomic mass is 16.3. The normalized spacial score (nSPS) is 10.2. The van der Waals surface area contributed by atoms with E-state index in [0.29, 0.717) is 11.6 Å². The minimum Gasteiger partial charge on any atom is -0.472 e. The fourth-order valence-electron chi connectivity index (χ4n) is 1.11. The average molecular weight is 175 g/mol. The van der Waals surface area contributed by atoms with Crippen LogP contribution >= 0.6 is 0 Å². The van der Waals surface area contributed by atoms with Gasteiger partial charge in [-0.25, -0.2) is 9.97 Å². The van der Waals surface area contributed by atoms with Gasteiger partial charge in [-0.05, 0) is 13.0 Å². The van der Waals surface area contributed by atoms with E-state index in [9.17, 15) is 0 Å². The molecular formula is C9H9N3O. The predicted molar refractivity (Wildman–Crippen MR) is 48.9 cm³/mol. The summed E-state index contributed by atoms with van der Waals surface area (Å²) in [5, 5.41) is 0. The zero-order valence-electron chi connectivity index (χ0n) is 7.19. The maximum atomic E-state index is 5.58. The molecule has 0 atom stereocenters. The third-order valence-electron chi connectivity index (χ3n) is 1.65. The van der Waals surface area contributed by atoms with Crippen LogP contribution in [0.1, 0.15) is 5.69 Å². The highest BCUT2D eigenvalue weighted by molar-refractivity contribution is 5.54. The maximum Gasteiger partial charge on any atom is 0.164 e. The number of anilines is 1. The van der Waals surface area contributed by atoms with Crippen LogP contribution in [0, 0.1) is 6.92 Å². The lowest BCUT2D eigenvalue weighted by atomic mass is 10.3. The first-order valence-electron chi connectivity index (χ1n) is 3.89. The molecule has 0 spiro atoms. The van der Waals surface area contributed by atoms with Crippen LogP contribution in [0.25, 0.3) is 11.4 Å². The minimum absolute atomic E-state index is 0.476. The van der Waals surface area contributed by atoms with Gasteiger partial charge in [0.15, 0.2) is 5.82 Å². The van der Waals surface area contributed by atoms with Crippen LogP contribution in [0.15, 0.2) is 29.1 Å². The van der Waals surface area contributed by atoms with Crippen LogP contribution in [0.3, 0.4) is 0 Å². The Labute approximate surface area is 75.4 Å². The molecule has 4 heteroatoms. The van der Waals surface area contributed by atoms with Crippen molar-refractivity contribution in [2.24, 2.45) is 0 Å². The second kappa shape index (κ2) is 2.90. The molecule has 2 aromatic rings. The summed E-state index contributed by atoms with van der Waals surface area (Å²) in [6, 6.07) is 3.53. The maximum absolute atomic E-state index is 5.58. The van der Waals surface area contributed by atoms with Gasteiger partial charge in [-0.1, -0.05) is 0 Å². The van der Waals surface area contributed by atoms with E-state index in [1.54, 1.807) is 24.7 Å². The number of hydrogen-bond acceptors (Lipinski definition) is 4. The summed E-state index contributed by atoms with van der Waals surface area (Å²) in [6.45, 7) is 1.88. The van der Waals surface area contributed by atoms with E-state index in [-0.39, 0.29) is 0 Å². The Hall–Kier alpha value is -1.84. The van der Waals surface area contributed by atoms with Gasteiger partial charge in [-0.15, -0.1) is 0 Å². The van der Waals surface area contributed by atoms with Gasteiger partial charge in [-0.3, -0.25) is 0 Å². The fraction of sp³-hybridized carbons (Fsp3) is 0.111. The molecular weight excluding hydrogens is 166 g/mol. The van der Waals surface area contributed by atoms with Gasteiger partial charge < -0.3 is 10.2 Å². The van der Waals surface area contributed by atoms with Crippen LogP contribution in [0.4, 0.5) is 5.82 Å². The molecule has 2 rings (SSSR count). The third kappa shape index (κ3) is 1.51. The molecule has 2 aromatic heterocycles. The Morgan fingerprint density at radius 1 is 1.38 bits per heavy atom. The van der Waals surface area contributed by atoms with E-state index >= 15 is 0 Å². The molecule has 4 nitrogen and oxygen atoms in total. The second-order valence-corrected chi connectivity index (χ2v) is 2.77. The largest absolute Gasteiger partial charge is 0.472 e. The fourth-order valence-corrected chi connectivity index (χ4v) is 1.11. The molecule has 0 saturated carbocycles. The molecule has 13 heavy (non-hydrogen) atoms. The van der Waals surface area contributed by atoms with Crippen LogP contribution in [-0.2, 0) is 0 Å². The minimum atomic E-state index is 0.476. The summed E-state index contributed by atoms with van der Waals surface area (Å²) in [5.74, 6) is 1.08. The van der Waals surface area contributed by atoms with E-state index in [1.165, 1.54) is 0 Å². The first-order valence-corrected chi connectivity index (χ1v) is 3.89. The summed E-state index contributed by atoms with van der Waals surface area (Å²) in [7, 11) is 0. The molecule has 0 amide bonds. The zero-order chi connectivity index (χ0) is 9.26. The first-order chi connectivity index (χ1) is 6.25. The van der Waals surface area contributed by atoms with Crippen LogP contribution in [0.2, 0.25) is 0 Å². The van der Waals surface area contributed by atoms with Crippen LogP contribution < -0.4 is 5.73 Å². The quantitative estimate of drug-likeness (QED) is 0.715. The van der Waals surface area contributed by atoms with Gasteiger partial charge >= 0.3 is 0 Å². The summed E-state index contributed by atoms with van der Waals surface area (Å²) in [5.41, 5.74) is 7.28. The number of nitrogens with two attached hydrogens (primary N) is 1. The Morgan fingerprint density at radius 2 is 2.23 bits per heavy atom. The number of aryl methyl sites for hydroxylation is 1. The Balaban J connectivity index is 2.53. The number of hydrogen-bond donors (Lipinski definition) is 1. The molecule has 0 bridgehead atoms. The summed E-state index contributed by atoms with van der Waals surface area (Å²) < 4.78 is 4.93. The van der Waals surface area contributed by atoms with Crippen molar-refractivity contribution >= 4 is 5.82 Å². The number of aromatic nitrogens is 2. The van der Waals surface area contributed by atoms with Crippen molar-refractivity contribution in [3.05, 3.63) is 30.4 Å². The van der Waals surface area contributed by atoms with Crippen molar-refractivity contribution in [3.63, 3.8) is 0 Å². The average Bonchev–Trinajstić information content (AvgIpc) is 2.53. The molecule has 0 aromatic carbocycles. The molecule has 2 heterocycles. The van der Waals surface area contributed by atoms with Gasteiger partial charge in [0.2, 0.25) is 0 Å². The zero-order valence-corrected chi connectivity index (χ0v) is 7.19. The molecule has 0 saturated heterocycles. The summed E-state index contributed by atoms with van der Waals surface area (Å²) in [6.07, 6.45) is 3.17. The van der Waals surface area contributed by atoms with E-state index in [1.807, 2.05) is 6.92 Å². The number of nitrogens with zero attached hydrogens (tertiary/aromatic N) is 2. The predicted octanol–water partition coefficient (Wildman–Crippen LogP) is 1.63.